The van der Waals surface area contributed by atoms with E-state index in [0.717, 1.165) is 9.79 Å². The summed E-state index contributed by atoms with van der Waals surface area (Å²) < 4.78 is 4.04. The van der Waals surface area contributed by atoms with Gasteiger partial charge in [0.15, 0.2) is 9.60 Å². The molecule has 0 aliphatic rings. The second kappa shape index (κ2) is 9.42. The van der Waals surface area contributed by atoms with Crippen LogP contribution in [-0.4, -0.2) is 20.0 Å². The number of thiazole rings is 1. The van der Waals surface area contributed by atoms with Gasteiger partial charge in [0.1, 0.15) is 17.6 Å². The van der Waals surface area contributed by atoms with E-state index in [1.54, 1.807) is 22.4 Å². The van der Waals surface area contributed by atoms with Crippen LogP contribution in [-0.2, 0) is 17.9 Å². The zero-order valence-corrected chi connectivity index (χ0v) is 18.8. The Morgan fingerprint density at radius 1 is 1.19 bits per heavy atom. The molecule has 0 radical (unpaired) electrons. The summed E-state index contributed by atoms with van der Waals surface area (Å²) in [6, 6.07) is 17.5. The van der Waals surface area contributed by atoms with Gasteiger partial charge in [0, 0.05) is 16.3 Å². The van der Waals surface area contributed by atoms with E-state index in [0.29, 0.717) is 26.5 Å². The van der Waals surface area contributed by atoms with Gasteiger partial charge in [0.25, 0.3) is 5.56 Å². The summed E-state index contributed by atoms with van der Waals surface area (Å²) in [5.41, 5.74) is 0.920. The standard InChI is InChI=1S/C22H18N4O2S3/c1-2-12-26-20-19(31-22(26)29)21(28)25(14-23-20)13-18(27)24-16-10-6-7-11-17(16)30-15-8-4-3-5-9-15/h2-11,14H,1,12-13H2,(H,24,27). The Labute approximate surface area is 191 Å². The number of carbonyl (C=O) groups is 1. The molecule has 0 aliphatic carbocycles. The Hall–Kier alpha value is -3.01. The number of benzene rings is 2. The fourth-order valence-electron chi connectivity index (χ4n) is 2.99. The maximum absolute atomic E-state index is 12.9. The van der Waals surface area contributed by atoms with E-state index >= 15 is 0 Å². The van der Waals surface area contributed by atoms with Gasteiger partial charge in [-0.1, -0.05) is 59.5 Å². The topological polar surface area (TPSA) is 68.9 Å². The molecule has 156 valence electrons. The molecule has 4 aromatic rings. The number of hydrogen-bond donors (Lipinski definition) is 1. The van der Waals surface area contributed by atoms with Crippen LogP contribution in [0.2, 0.25) is 0 Å². The molecule has 0 saturated carbocycles. The Balaban J connectivity index is 1.55. The first-order chi connectivity index (χ1) is 15.1. The molecule has 0 aliphatic heterocycles. The van der Waals surface area contributed by atoms with Crippen LogP contribution in [0.15, 0.2) is 88.2 Å². The van der Waals surface area contributed by atoms with Crippen LogP contribution >= 0.6 is 35.3 Å². The molecular weight excluding hydrogens is 448 g/mol. The van der Waals surface area contributed by atoms with Crippen molar-refractivity contribution in [3.05, 3.63) is 87.9 Å². The van der Waals surface area contributed by atoms with Crippen LogP contribution in [0.1, 0.15) is 0 Å². The molecule has 4 rings (SSSR count). The van der Waals surface area contributed by atoms with Crippen molar-refractivity contribution in [2.45, 2.75) is 22.9 Å². The molecule has 0 saturated heterocycles. The normalized spacial score (nSPS) is 10.8. The van der Waals surface area contributed by atoms with Crippen molar-refractivity contribution in [1.82, 2.24) is 14.1 Å². The van der Waals surface area contributed by atoms with Crippen molar-refractivity contribution < 1.29 is 4.79 Å². The van der Waals surface area contributed by atoms with E-state index in [1.807, 2.05) is 54.6 Å². The van der Waals surface area contributed by atoms with Crippen LogP contribution in [0, 0.1) is 3.95 Å². The quantitative estimate of drug-likeness (QED) is 0.308. The second-order valence-corrected chi connectivity index (χ2v) is 9.32. The third kappa shape index (κ3) is 4.68. The van der Waals surface area contributed by atoms with E-state index in [4.69, 9.17) is 12.2 Å². The average molecular weight is 467 g/mol. The monoisotopic (exact) mass is 466 g/mol. The van der Waals surface area contributed by atoms with Crippen LogP contribution in [0.4, 0.5) is 5.69 Å². The lowest BCUT2D eigenvalue weighted by molar-refractivity contribution is -0.116. The van der Waals surface area contributed by atoms with Crippen molar-refractivity contribution in [3.8, 4) is 0 Å². The number of amides is 1. The molecule has 0 bridgehead atoms. The molecule has 0 unspecified atom stereocenters. The number of anilines is 1. The molecule has 0 spiro atoms. The van der Waals surface area contributed by atoms with E-state index in [2.05, 4.69) is 16.9 Å². The first-order valence-electron chi connectivity index (χ1n) is 9.38. The molecule has 1 N–H and O–H groups in total. The van der Waals surface area contributed by atoms with Gasteiger partial charge in [-0.15, -0.1) is 6.58 Å². The highest BCUT2D eigenvalue weighted by Gasteiger charge is 2.14. The number of fused-ring (bicyclic) bond motifs is 1. The van der Waals surface area contributed by atoms with Crippen molar-refractivity contribution in [2.24, 2.45) is 0 Å². The minimum Gasteiger partial charge on any atom is -0.323 e. The Bertz CT molecular complexity index is 1370. The number of aromatic nitrogens is 3. The highest BCUT2D eigenvalue weighted by Crippen LogP contribution is 2.33. The van der Waals surface area contributed by atoms with Gasteiger partial charge in [-0.25, -0.2) is 4.98 Å². The van der Waals surface area contributed by atoms with Crippen LogP contribution < -0.4 is 10.9 Å². The predicted molar refractivity (Wildman–Crippen MR) is 129 cm³/mol. The highest BCUT2D eigenvalue weighted by molar-refractivity contribution is 7.99. The third-order valence-corrected chi connectivity index (χ3v) is 6.91. The highest BCUT2D eigenvalue weighted by atomic mass is 32.2. The van der Waals surface area contributed by atoms with E-state index in [1.165, 1.54) is 22.2 Å². The zero-order chi connectivity index (χ0) is 21.8. The number of rotatable bonds is 7. The van der Waals surface area contributed by atoms with E-state index < -0.39 is 0 Å². The van der Waals surface area contributed by atoms with Crippen molar-refractivity contribution in [3.63, 3.8) is 0 Å². The van der Waals surface area contributed by atoms with E-state index in [-0.39, 0.29) is 18.0 Å². The minimum absolute atomic E-state index is 0.141. The van der Waals surface area contributed by atoms with Crippen LogP contribution in [0.3, 0.4) is 0 Å². The minimum atomic E-state index is -0.307. The number of nitrogens with zero attached hydrogens (tertiary/aromatic N) is 3. The van der Waals surface area contributed by atoms with Gasteiger partial charge < -0.3 is 9.88 Å². The Kier molecular flexibility index (Phi) is 6.45. The molecule has 2 aromatic heterocycles. The van der Waals surface area contributed by atoms with Gasteiger partial charge in [0.05, 0.1) is 5.69 Å². The number of nitrogens with one attached hydrogen (secondary N) is 1. The maximum atomic E-state index is 12.9. The lowest BCUT2D eigenvalue weighted by Crippen LogP contribution is -2.27. The fraction of sp³-hybridized carbons (Fsp3) is 0.0909. The Morgan fingerprint density at radius 3 is 2.71 bits per heavy atom. The SMILES string of the molecule is C=CCn1c(=S)sc2c(=O)n(CC(=O)Nc3ccccc3Sc3ccccc3)cnc21. The zero-order valence-electron chi connectivity index (χ0n) is 16.4. The van der Waals surface area contributed by atoms with Gasteiger partial charge in [-0.05, 0) is 36.5 Å². The number of para-hydroxylation sites is 1. The molecule has 2 heterocycles. The first kappa shape index (κ1) is 21.2. The summed E-state index contributed by atoms with van der Waals surface area (Å²) in [6.07, 6.45) is 3.09. The molecule has 1 amide bonds. The smallest absolute Gasteiger partial charge is 0.273 e. The van der Waals surface area contributed by atoms with Crippen LogP contribution in [0.25, 0.3) is 10.3 Å². The average Bonchev–Trinajstić information content (AvgIpc) is 3.09. The summed E-state index contributed by atoms with van der Waals surface area (Å²) in [5.74, 6) is -0.307. The maximum Gasteiger partial charge on any atom is 0.273 e. The number of carbonyl (C=O) groups excluding carboxylic acids is 1. The molecule has 6 nitrogen and oxygen atoms in total. The molecule has 31 heavy (non-hydrogen) atoms. The third-order valence-electron chi connectivity index (χ3n) is 4.40. The predicted octanol–water partition coefficient (Wildman–Crippen LogP) is 4.96. The van der Waals surface area contributed by atoms with Gasteiger partial charge in [-0.3, -0.25) is 14.2 Å². The largest absolute Gasteiger partial charge is 0.323 e. The van der Waals surface area contributed by atoms with E-state index in [9.17, 15) is 9.59 Å². The second-order valence-electron chi connectivity index (χ2n) is 6.56. The molecule has 9 heteroatoms. The van der Waals surface area contributed by atoms with Gasteiger partial charge in [-0.2, -0.15) is 0 Å². The lowest BCUT2D eigenvalue weighted by atomic mass is 10.3. The number of hydrogen-bond acceptors (Lipinski definition) is 6. The summed E-state index contributed by atoms with van der Waals surface area (Å²) in [7, 11) is 0. The molecular formula is C22H18N4O2S3. The van der Waals surface area contributed by atoms with Crippen LogP contribution in [0.5, 0.6) is 0 Å². The molecule has 0 fully saturated rings. The number of allylic oxidation sites excluding steroid dienone is 1. The molecule has 0 atom stereocenters. The van der Waals surface area contributed by atoms with Crippen molar-refractivity contribution in [2.75, 3.05) is 5.32 Å². The summed E-state index contributed by atoms with van der Waals surface area (Å²) in [4.78, 5) is 31.9. The fourth-order valence-corrected chi connectivity index (χ4v) is 5.23. The Morgan fingerprint density at radius 2 is 1.94 bits per heavy atom. The lowest BCUT2D eigenvalue weighted by Gasteiger charge is -2.11. The summed E-state index contributed by atoms with van der Waals surface area (Å²) in [5, 5.41) is 2.91. The van der Waals surface area contributed by atoms with Gasteiger partial charge >= 0.3 is 0 Å². The van der Waals surface area contributed by atoms with Crippen molar-refractivity contribution >= 4 is 57.3 Å². The first-order valence-corrected chi connectivity index (χ1v) is 11.4. The summed E-state index contributed by atoms with van der Waals surface area (Å²) in [6.45, 7) is 4.05. The van der Waals surface area contributed by atoms with Gasteiger partial charge in [0.2, 0.25) is 5.91 Å². The molecule has 2 aromatic carbocycles. The summed E-state index contributed by atoms with van der Waals surface area (Å²) >= 11 is 8.08. The van der Waals surface area contributed by atoms with Crippen molar-refractivity contribution in [1.29, 1.82) is 0 Å².